The Labute approximate surface area is 195 Å². The molecule has 1 N–H and O–H groups in total. The number of hydrogen-bond acceptors (Lipinski definition) is 4. The van der Waals surface area contributed by atoms with Crippen molar-refractivity contribution < 1.29 is 27.4 Å². The SMILES string of the molecule is CC(C)[C@@H](Nc1ccc(C(F)(F)F)cc1Cl)C(=O)OCc1cccc(Oc2ccccc2)c1. The molecule has 0 aliphatic rings. The molecule has 174 valence electrons. The molecular formula is C25H23ClF3NO3. The largest absolute Gasteiger partial charge is 0.459 e. The highest BCUT2D eigenvalue weighted by atomic mass is 35.5. The van der Waals surface area contributed by atoms with E-state index in [0.717, 1.165) is 17.7 Å². The van der Waals surface area contributed by atoms with Crippen molar-refractivity contribution in [2.75, 3.05) is 5.32 Å². The van der Waals surface area contributed by atoms with Gasteiger partial charge in [-0.15, -0.1) is 0 Å². The zero-order valence-corrected chi connectivity index (χ0v) is 18.8. The zero-order valence-electron chi connectivity index (χ0n) is 18.0. The molecule has 33 heavy (non-hydrogen) atoms. The van der Waals surface area contributed by atoms with Crippen molar-refractivity contribution in [1.82, 2.24) is 0 Å². The molecule has 3 aromatic carbocycles. The molecule has 0 aromatic heterocycles. The third-order valence-corrected chi connectivity index (χ3v) is 5.10. The fourth-order valence-electron chi connectivity index (χ4n) is 3.04. The molecule has 3 rings (SSSR count). The van der Waals surface area contributed by atoms with E-state index in [-0.39, 0.29) is 23.2 Å². The van der Waals surface area contributed by atoms with E-state index in [4.69, 9.17) is 21.1 Å². The number of halogens is 4. The summed E-state index contributed by atoms with van der Waals surface area (Å²) in [7, 11) is 0. The van der Waals surface area contributed by atoms with Crippen LogP contribution in [0.3, 0.4) is 0 Å². The minimum Gasteiger partial charge on any atom is -0.459 e. The van der Waals surface area contributed by atoms with Gasteiger partial charge in [0.25, 0.3) is 0 Å². The number of ether oxygens (including phenoxy) is 2. The van der Waals surface area contributed by atoms with Crippen LogP contribution in [0.4, 0.5) is 18.9 Å². The number of para-hydroxylation sites is 1. The maximum Gasteiger partial charge on any atom is 0.416 e. The molecule has 1 atom stereocenters. The van der Waals surface area contributed by atoms with Gasteiger partial charge >= 0.3 is 12.1 Å². The second kappa shape index (κ2) is 10.6. The minimum atomic E-state index is -4.50. The monoisotopic (exact) mass is 477 g/mol. The summed E-state index contributed by atoms with van der Waals surface area (Å²) in [6, 6.07) is 18.6. The summed E-state index contributed by atoms with van der Waals surface area (Å²) in [5.74, 6) is 0.535. The Morgan fingerprint density at radius 1 is 0.970 bits per heavy atom. The topological polar surface area (TPSA) is 47.6 Å². The molecule has 4 nitrogen and oxygen atoms in total. The van der Waals surface area contributed by atoms with Crippen LogP contribution in [0.15, 0.2) is 72.8 Å². The fourth-order valence-corrected chi connectivity index (χ4v) is 3.28. The molecule has 0 saturated carbocycles. The van der Waals surface area contributed by atoms with Gasteiger partial charge in [0.2, 0.25) is 0 Å². The predicted octanol–water partition coefficient (Wildman–Crippen LogP) is 7.33. The molecular weight excluding hydrogens is 455 g/mol. The van der Waals surface area contributed by atoms with E-state index in [0.29, 0.717) is 11.5 Å². The van der Waals surface area contributed by atoms with Gasteiger partial charge in [-0.1, -0.05) is 55.8 Å². The first kappa shape index (κ1) is 24.5. The Morgan fingerprint density at radius 3 is 2.30 bits per heavy atom. The summed E-state index contributed by atoms with van der Waals surface area (Å²) in [6.07, 6.45) is -4.50. The molecule has 0 spiro atoms. The van der Waals surface area contributed by atoms with E-state index in [1.54, 1.807) is 38.1 Å². The number of carbonyl (C=O) groups excluding carboxylic acids is 1. The van der Waals surface area contributed by atoms with Crippen LogP contribution in [0, 0.1) is 5.92 Å². The molecule has 0 heterocycles. The fraction of sp³-hybridized carbons (Fsp3) is 0.240. The van der Waals surface area contributed by atoms with E-state index in [9.17, 15) is 18.0 Å². The van der Waals surface area contributed by atoms with Gasteiger partial charge in [-0.3, -0.25) is 0 Å². The van der Waals surface area contributed by atoms with Crippen molar-refractivity contribution in [2.45, 2.75) is 32.7 Å². The average Bonchev–Trinajstić information content (AvgIpc) is 2.76. The highest BCUT2D eigenvalue weighted by molar-refractivity contribution is 6.33. The highest BCUT2D eigenvalue weighted by Gasteiger charge is 2.31. The van der Waals surface area contributed by atoms with Crippen LogP contribution in [0.25, 0.3) is 0 Å². The van der Waals surface area contributed by atoms with Gasteiger partial charge in [0.15, 0.2) is 0 Å². The first-order valence-corrected chi connectivity index (χ1v) is 10.6. The maximum atomic E-state index is 12.9. The van der Waals surface area contributed by atoms with Crippen molar-refractivity contribution in [3.8, 4) is 11.5 Å². The van der Waals surface area contributed by atoms with Crippen molar-refractivity contribution in [3.63, 3.8) is 0 Å². The van der Waals surface area contributed by atoms with Crippen LogP contribution >= 0.6 is 11.6 Å². The Kier molecular flexibility index (Phi) is 7.87. The number of benzene rings is 3. The quantitative estimate of drug-likeness (QED) is 0.345. The lowest BCUT2D eigenvalue weighted by atomic mass is 10.0. The van der Waals surface area contributed by atoms with Gasteiger partial charge in [-0.25, -0.2) is 4.79 Å². The van der Waals surface area contributed by atoms with Crippen molar-refractivity contribution >= 4 is 23.3 Å². The predicted molar refractivity (Wildman–Crippen MR) is 121 cm³/mol. The van der Waals surface area contributed by atoms with Crippen LogP contribution in [0.1, 0.15) is 25.0 Å². The van der Waals surface area contributed by atoms with Gasteiger partial charge < -0.3 is 14.8 Å². The number of nitrogens with one attached hydrogen (secondary N) is 1. The third-order valence-electron chi connectivity index (χ3n) is 4.79. The number of esters is 1. The van der Waals surface area contributed by atoms with Crippen LogP contribution in [-0.4, -0.2) is 12.0 Å². The second-order valence-electron chi connectivity index (χ2n) is 7.73. The lowest BCUT2D eigenvalue weighted by molar-refractivity contribution is -0.147. The standard InChI is InChI=1S/C25H23ClF3NO3/c1-16(2)23(30-22-12-11-18(14-21(22)26)25(27,28)29)24(31)32-15-17-7-6-10-20(13-17)33-19-8-4-3-5-9-19/h3-14,16,23,30H,15H2,1-2H3/t23-/m1/s1. The van der Waals surface area contributed by atoms with Crippen LogP contribution in [0.2, 0.25) is 5.02 Å². The number of rotatable bonds is 8. The van der Waals surface area contributed by atoms with Crippen molar-refractivity contribution in [2.24, 2.45) is 5.92 Å². The van der Waals surface area contributed by atoms with Crippen LogP contribution in [0.5, 0.6) is 11.5 Å². The molecule has 8 heteroatoms. The Balaban J connectivity index is 1.65. The zero-order chi connectivity index (χ0) is 24.0. The lowest BCUT2D eigenvalue weighted by Crippen LogP contribution is -2.36. The van der Waals surface area contributed by atoms with Crippen LogP contribution in [-0.2, 0) is 22.3 Å². The average molecular weight is 478 g/mol. The molecule has 0 bridgehead atoms. The number of anilines is 1. The molecule has 0 fully saturated rings. The van der Waals surface area contributed by atoms with E-state index in [2.05, 4.69) is 5.32 Å². The number of alkyl halides is 3. The van der Waals surface area contributed by atoms with E-state index in [1.165, 1.54) is 6.07 Å². The number of carbonyl (C=O) groups is 1. The van der Waals surface area contributed by atoms with Crippen molar-refractivity contribution in [3.05, 3.63) is 88.9 Å². The number of hydrogen-bond donors (Lipinski definition) is 1. The van der Waals surface area contributed by atoms with Gasteiger partial charge in [0.1, 0.15) is 24.1 Å². The van der Waals surface area contributed by atoms with Crippen molar-refractivity contribution in [1.29, 1.82) is 0 Å². The third kappa shape index (κ3) is 6.89. The first-order valence-electron chi connectivity index (χ1n) is 10.3. The first-order chi connectivity index (χ1) is 15.6. The molecule has 0 amide bonds. The van der Waals surface area contributed by atoms with Crippen LogP contribution < -0.4 is 10.1 Å². The molecule has 0 unspecified atom stereocenters. The summed E-state index contributed by atoms with van der Waals surface area (Å²) in [5, 5.41) is 2.78. The van der Waals surface area contributed by atoms with E-state index < -0.39 is 23.8 Å². The van der Waals surface area contributed by atoms with Gasteiger partial charge in [0, 0.05) is 0 Å². The summed E-state index contributed by atoms with van der Waals surface area (Å²) in [6.45, 7) is 3.60. The van der Waals surface area contributed by atoms with Gasteiger partial charge in [-0.2, -0.15) is 13.2 Å². The van der Waals surface area contributed by atoms with E-state index in [1.807, 2.05) is 30.3 Å². The summed E-state index contributed by atoms with van der Waals surface area (Å²) in [4.78, 5) is 12.7. The van der Waals surface area contributed by atoms with Gasteiger partial charge in [0.05, 0.1) is 16.3 Å². The summed E-state index contributed by atoms with van der Waals surface area (Å²) in [5.41, 5.74) is 0.0877. The summed E-state index contributed by atoms with van der Waals surface area (Å²) >= 11 is 6.02. The van der Waals surface area contributed by atoms with Gasteiger partial charge in [-0.05, 0) is 53.9 Å². The molecule has 0 saturated heterocycles. The normalized spacial score (nSPS) is 12.3. The summed E-state index contributed by atoms with van der Waals surface area (Å²) < 4.78 is 49.9. The Morgan fingerprint density at radius 2 is 1.67 bits per heavy atom. The second-order valence-corrected chi connectivity index (χ2v) is 8.14. The highest BCUT2D eigenvalue weighted by Crippen LogP contribution is 2.34. The van der Waals surface area contributed by atoms with E-state index >= 15 is 0 Å². The molecule has 0 radical (unpaired) electrons. The maximum absolute atomic E-state index is 12.9. The lowest BCUT2D eigenvalue weighted by Gasteiger charge is -2.23. The molecule has 3 aromatic rings. The Hall–Kier alpha value is -3.19. The minimum absolute atomic E-state index is 0.0104. The molecule has 0 aliphatic carbocycles. The Bertz CT molecular complexity index is 1090. The smallest absolute Gasteiger partial charge is 0.416 e. The molecule has 0 aliphatic heterocycles.